The van der Waals surface area contributed by atoms with E-state index in [9.17, 15) is 0 Å². The van der Waals surface area contributed by atoms with Gasteiger partial charge in [-0.05, 0) is 30.9 Å². The first kappa shape index (κ1) is 9.52. The van der Waals surface area contributed by atoms with E-state index in [4.69, 9.17) is 0 Å². The molecule has 0 aliphatic heterocycles. The summed E-state index contributed by atoms with van der Waals surface area (Å²) in [7, 11) is 0. The highest BCUT2D eigenvalue weighted by molar-refractivity contribution is 4.99. The Morgan fingerprint density at radius 3 is 2.20 bits per heavy atom. The lowest BCUT2D eigenvalue weighted by Crippen LogP contribution is -1.72. The summed E-state index contributed by atoms with van der Waals surface area (Å²) in [4.78, 5) is 0. The molecule has 0 fully saturated rings. The Kier molecular flexibility index (Phi) is 6.32. The van der Waals surface area contributed by atoms with Crippen LogP contribution in [0.3, 0.4) is 0 Å². The molecule has 0 atom stereocenters. The molecule has 0 aromatic carbocycles. The molecule has 0 aliphatic rings. The quantitative estimate of drug-likeness (QED) is 0.520. The van der Waals surface area contributed by atoms with Crippen LogP contribution in [-0.2, 0) is 0 Å². The molecule has 10 heavy (non-hydrogen) atoms. The third kappa shape index (κ3) is 4.40. The number of hydrogen-bond acceptors (Lipinski definition) is 0. The van der Waals surface area contributed by atoms with E-state index in [2.05, 4.69) is 32.6 Å². The van der Waals surface area contributed by atoms with E-state index in [1.54, 1.807) is 0 Å². The van der Waals surface area contributed by atoms with Crippen LogP contribution in [0.4, 0.5) is 0 Å². The van der Waals surface area contributed by atoms with Crippen LogP contribution in [0, 0.1) is 0 Å². The summed E-state index contributed by atoms with van der Waals surface area (Å²) in [6, 6.07) is 0. The Balaban J connectivity index is 3.82. The molecule has 0 amide bonds. The molecule has 0 saturated carbocycles. The van der Waals surface area contributed by atoms with Gasteiger partial charge in [-0.25, -0.2) is 0 Å². The lowest BCUT2D eigenvalue weighted by molar-refractivity contribution is 0.947. The second kappa shape index (κ2) is 6.64. The van der Waals surface area contributed by atoms with Gasteiger partial charge in [0.1, 0.15) is 0 Å². The van der Waals surface area contributed by atoms with E-state index in [1.165, 1.54) is 18.4 Å². The fraction of sp³-hybridized carbons (Fsp3) is 0.700. The largest absolute Gasteiger partial charge is 0.126 e. The molecule has 0 bridgehead atoms. The highest BCUT2D eigenvalue weighted by Gasteiger charge is 1.83. The fourth-order valence-corrected chi connectivity index (χ4v) is 0.815. The van der Waals surface area contributed by atoms with Crippen LogP contribution in [0.25, 0.3) is 0 Å². The molecule has 0 N–H and O–H groups in total. The summed E-state index contributed by atoms with van der Waals surface area (Å²) in [6.45, 7) is 6.56. The average molecular weight is 138 g/mol. The van der Waals surface area contributed by atoms with Crippen molar-refractivity contribution in [2.75, 3.05) is 0 Å². The minimum absolute atomic E-state index is 1.15. The number of hydrogen-bond donors (Lipinski definition) is 0. The van der Waals surface area contributed by atoms with Gasteiger partial charge in [0.05, 0.1) is 0 Å². The molecule has 0 nitrogen and oxygen atoms in total. The van der Waals surface area contributed by atoms with Crippen molar-refractivity contribution in [3.8, 4) is 0 Å². The first-order chi connectivity index (χ1) is 4.85. The van der Waals surface area contributed by atoms with Gasteiger partial charge in [-0.2, -0.15) is 0 Å². The normalized spacial score (nSPS) is 8.70. The van der Waals surface area contributed by atoms with Crippen molar-refractivity contribution >= 4 is 0 Å². The van der Waals surface area contributed by atoms with Gasteiger partial charge >= 0.3 is 0 Å². The summed E-state index contributed by atoms with van der Waals surface area (Å²) in [6.07, 6.45) is 6.85. The Hall–Kier alpha value is -0.480. The van der Waals surface area contributed by atoms with Gasteiger partial charge in [-0.15, -0.1) is 5.73 Å². The average Bonchev–Trinajstić information content (AvgIpc) is 1.99. The van der Waals surface area contributed by atoms with Gasteiger partial charge in [-0.3, -0.25) is 0 Å². The zero-order valence-electron chi connectivity index (χ0n) is 7.41. The summed E-state index contributed by atoms with van der Waals surface area (Å²) in [5, 5.41) is 0. The molecular weight excluding hydrogens is 120 g/mol. The minimum atomic E-state index is 1.15. The van der Waals surface area contributed by atoms with Gasteiger partial charge in [0.25, 0.3) is 0 Å². The van der Waals surface area contributed by atoms with Gasteiger partial charge < -0.3 is 0 Å². The van der Waals surface area contributed by atoms with Crippen LogP contribution < -0.4 is 0 Å². The molecule has 0 saturated heterocycles. The number of unbranched alkanes of at least 4 members (excludes halogenated alkanes) is 1. The van der Waals surface area contributed by atoms with Crippen LogP contribution in [-0.4, -0.2) is 0 Å². The molecule has 0 rings (SSSR count). The van der Waals surface area contributed by atoms with Crippen molar-refractivity contribution in [3.05, 3.63) is 17.4 Å². The Bertz CT molecular complexity index is 119. The van der Waals surface area contributed by atoms with E-state index in [-0.39, 0.29) is 0 Å². The lowest BCUT2D eigenvalue weighted by atomic mass is 10.1. The first-order valence-electron chi connectivity index (χ1n) is 4.28. The van der Waals surface area contributed by atoms with E-state index < -0.39 is 0 Å². The smallest absolute Gasteiger partial charge is 0.0273 e. The van der Waals surface area contributed by atoms with Gasteiger partial charge in [-0.1, -0.05) is 27.2 Å². The predicted octanol–water partition coefficient (Wildman–Crippen LogP) is 3.69. The van der Waals surface area contributed by atoms with Crippen molar-refractivity contribution in [3.63, 3.8) is 0 Å². The second-order valence-corrected chi connectivity index (χ2v) is 2.45. The van der Waals surface area contributed by atoms with Gasteiger partial charge in [0.15, 0.2) is 0 Å². The van der Waals surface area contributed by atoms with Gasteiger partial charge in [0.2, 0.25) is 0 Å². The summed E-state index contributed by atoms with van der Waals surface area (Å²) >= 11 is 0. The van der Waals surface area contributed by atoms with E-state index in [0.717, 1.165) is 12.8 Å². The Morgan fingerprint density at radius 1 is 1.20 bits per heavy atom. The molecule has 0 aromatic rings. The number of rotatable bonds is 4. The standard InChI is InChI=1S/C10H18/c1-4-7-8-9-10(5-2)6-3/h8H,4-7H2,1-3H3. The molecule has 0 radical (unpaired) electrons. The van der Waals surface area contributed by atoms with Crippen LogP contribution in [0.1, 0.15) is 46.5 Å². The lowest BCUT2D eigenvalue weighted by Gasteiger charge is -1.91. The zero-order chi connectivity index (χ0) is 7.82. The van der Waals surface area contributed by atoms with Crippen molar-refractivity contribution in [1.29, 1.82) is 0 Å². The molecule has 0 unspecified atom stereocenters. The molecular formula is C10H18. The maximum Gasteiger partial charge on any atom is -0.0273 e. The van der Waals surface area contributed by atoms with E-state index in [0.29, 0.717) is 0 Å². The van der Waals surface area contributed by atoms with E-state index >= 15 is 0 Å². The first-order valence-corrected chi connectivity index (χ1v) is 4.28. The third-order valence-corrected chi connectivity index (χ3v) is 1.59. The molecule has 0 aromatic heterocycles. The molecule has 0 heterocycles. The minimum Gasteiger partial charge on any atom is -0.126 e. The number of allylic oxidation sites excluding steroid dienone is 1. The zero-order valence-corrected chi connectivity index (χ0v) is 7.41. The molecule has 0 aliphatic carbocycles. The second-order valence-electron chi connectivity index (χ2n) is 2.45. The van der Waals surface area contributed by atoms with Gasteiger partial charge in [0, 0.05) is 0 Å². The molecule has 58 valence electrons. The Morgan fingerprint density at radius 2 is 1.80 bits per heavy atom. The predicted molar refractivity (Wildman–Crippen MR) is 47.1 cm³/mol. The summed E-state index contributed by atoms with van der Waals surface area (Å²) in [5.74, 6) is 0. The maximum absolute atomic E-state index is 3.31. The van der Waals surface area contributed by atoms with Crippen molar-refractivity contribution < 1.29 is 0 Å². The topological polar surface area (TPSA) is 0 Å². The summed E-state index contributed by atoms with van der Waals surface area (Å²) in [5.41, 5.74) is 4.75. The Labute approximate surface area is 64.6 Å². The SMILES string of the molecule is CCCC=C=C(CC)CC. The highest BCUT2D eigenvalue weighted by atomic mass is 13.9. The van der Waals surface area contributed by atoms with E-state index in [1.807, 2.05) is 0 Å². The molecule has 0 heteroatoms. The molecule has 0 spiro atoms. The van der Waals surface area contributed by atoms with Crippen molar-refractivity contribution in [2.45, 2.75) is 46.5 Å². The summed E-state index contributed by atoms with van der Waals surface area (Å²) < 4.78 is 0. The van der Waals surface area contributed by atoms with Crippen LogP contribution in [0.5, 0.6) is 0 Å². The van der Waals surface area contributed by atoms with Crippen LogP contribution in [0.15, 0.2) is 17.4 Å². The van der Waals surface area contributed by atoms with Crippen LogP contribution >= 0.6 is 0 Å². The van der Waals surface area contributed by atoms with Crippen molar-refractivity contribution in [1.82, 2.24) is 0 Å². The van der Waals surface area contributed by atoms with Crippen LogP contribution in [0.2, 0.25) is 0 Å². The third-order valence-electron chi connectivity index (χ3n) is 1.59. The monoisotopic (exact) mass is 138 g/mol. The van der Waals surface area contributed by atoms with Crippen molar-refractivity contribution in [2.24, 2.45) is 0 Å². The fourth-order valence-electron chi connectivity index (χ4n) is 0.815. The maximum atomic E-state index is 3.31. The highest BCUT2D eigenvalue weighted by Crippen LogP contribution is 2.02.